The van der Waals surface area contributed by atoms with E-state index in [2.05, 4.69) is 23.7 Å². The summed E-state index contributed by atoms with van der Waals surface area (Å²) in [5.41, 5.74) is 9.01. The van der Waals surface area contributed by atoms with Crippen molar-refractivity contribution in [2.45, 2.75) is 26.8 Å². The van der Waals surface area contributed by atoms with Crippen LogP contribution in [0, 0.1) is 0 Å². The van der Waals surface area contributed by atoms with Crippen molar-refractivity contribution in [3.63, 3.8) is 0 Å². The molecule has 0 amide bonds. The van der Waals surface area contributed by atoms with E-state index in [0.29, 0.717) is 24.4 Å². The predicted molar refractivity (Wildman–Crippen MR) is 87.8 cm³/mol. The molecule has 0 unspecified atom stereocenters. The molecular formula is C16H20N2O2S. The average Bonchev–Trinajstić information content (AvgIpc) is 2.94. The number of para-hydroxylation sites is 1. The molecule has 0 aliphatic heterocycles. The zero-order valence-corrected chi connectivity index (χ0v) is 13.1. The standard InChI is InChI=1S/C16H20N2O2S/c1-3-11-8-9-21-14(11)10-18-13-7-5-6-12(15(13)17)16(19)20-4-2/h5-9,18H,3-4,10,17H2,1-2H3. The first-order valence-corrected chi connectivity index (χ1v) is 7.90. The number of benzene rings is 1. The highest BCUT2D eigenvalue weighted by Crippen LogP contribution is 2.25. The Labute approximate surface area is 128 Å². The zero-order chi connectivity index (χ0) is 15.2. The number of nitrogens with two attached hydrogens (primary N) is 1. The van der Waals surface area contributed by atoms with Crippen molar-refractivity contribution in [1.82, 2.24) is 0 Å². The lowest BCUT2D eigenvalue weighted by Gasteiger charge is -2.12. The minimum atomic E-state index is -0.385. The third kappa shape index (κ3) is 3.55. The maximum absolute atomic E-state index is 11.8. The summed E-state index contributed by atoms with van der Waals surface area (Å²) in [5.74, 6) is -0.385. The van der Waals surface area contributed by atoms with Gasteiger partial charge in [0.15, 0.2) is 0 Å². The molecule has 2 aromatic rings. The molecule has 0 radical (unpaired) electrons. The van der Waals surface area contributed by atoms with E-state index in [1.807, 2.05) is 6.07 Å². The molecule has 0 aliphatic rings. The smallest absolute Gasteiger partial charge is 0.340 e. The van der Waals surface area contributed by atoms with Crippen LogP contribution in [-0.4, -0.2) is 12.6 Å². The van der Waals surface area contributed by atoms with Gasteiger partial charge in [0.1, 0.15) is 0 Å². The van der Waals surface area contributed by atoms with E-state index in [1.54, 1.807) is 30.4 Å². The van der Waals surface area contributed by atoms with Crippen molar-refractivity contribution in [1.29, 1.82) is 0 Å². The summed E-state index contributed by atoms with van der Waals surface area (Å²) in [5, 5.41) is 5.40. The summed E-state index contributed by atoms with van der Waals surface area (Å²) >= 11 is 1.72. The zero-order valence-electron chi connectivity index (χ0n) is 12.3. The number of hydrogen-bond donors (Lipinski definition) is 2. The Morgan fingerprint density at radius 1 is 1.33 bits per heavy atom. The van der Waals surface area contributed by atoms with Gasteiger partial charge in [0, 0.05) is 11.4 Å². The van der Waals surface area contributed by atoms with E-state index in [0.717, 1.165) is 12.1 Å². The number of nitrogens with one attached hydrogen (secondary N) is 1. The quantitative estimate of drug-likeness (QED) is 0.631. The number of anilines is 2. The van der Waals surface area contributed by atoms with Crippen LogP contribution in [0.2, 0.25) is 0 Å². The van der Waals surface area contributed by atoms with E-state index in [4.69, 9.17) is 10.5 Å². The predicted octanol–water partition coefficient (Wildman–Crippen LogP) is 3.68. The molecule has 2 rings (SSSR count). The first-order valence-electron chi connectivity index (χ1n) is 7.02. The molecule has 21 heavy (non-hydrogen) atoms. The highest BCUT2D eigenvalue weighted by atomic mass is 32.1. The molecule has 0 spiro atoms. The molecule has 0 saturated carbocycles. The summed E-state index contributed by atoms with van der Waals surface area (Å²) < 4.78 is 5.01. The minimum Gasteiger partial charge on any atom is -0.462 e. The number of esters is 1. The Morgan fingerprint density at radius 3 is 2.86 bits per heavy atom. The molecule has 0 bridgehead atoms. The second-order valence-corrected chi connectivity index (χ2v) is 5.56. The average molecular weight is 304 g/mol. The van der Waals surface area contributed by atoms with Gasteiger partial charge >= 0.3 is 5.97 Å². The first kappa shape index (κ1) is 15.4. The SMILES string of the molecule is CCOC(=O)c1cccc(NCc2sccc2CC)c1N. The van der Waals surface area contributed by atoms with Crippen LogP contribution in [0.3, 0.4) is 0 Å². The van der Waals surface area contributed by atoms with Crippen LogP contribution in [0.25, 0.3) is 0 Å². The van der Waals surface area contributed by atoms with Gasteiger partial charge in [-0.2, -0.15) is 0 Å². The lowest BCUT2D eigenvalue weighted by atomic mass is 10.1. The van der Waals surface area contributed by atoms with Gasteiger partial charge in [-0.15, -0.1) is 11.3 Å². The fourth-order valence-corrected chi connectivity index (χ4v) is 3.03. The normalized spacial score (nSPS) is 10.4. The second kappa shape index (κ2) is 7.13. The van der Waals surface area contributed by atoms with E-state index in [9.17, 15) is 4.79 Å². The number of rotatable bonds is 6. The van der Waals surface area contributed by atoms with Crippen LogP contribution in [0.1, 0.15) is 34.6 Å². The van der Waals surface area contributed by atoms with E-state index in [-0.39, 0.29) is 5.97 Å². The molecular weight excluding hydrogens is 284 g/mol. The Balaban J connectivity index is 2.14. The van der Waals surface area contributed by atoms with Gasteiger partial charge in [-0.3, -0.25) is 0 Å². The topological polar surface area (TPSA) is 64.3 Å². The third-order valence-electron chi connectivity index (χ3n) is 3.26. The summed E-state index contributed by atoms with van der Waals surface area (Å²) in [7, 11) is 0. The number of carbonyl (C=O) groups excluding carboxylic acids is 1. The number of aryl methyl sites for hydroxylation is 1. The van der Waals surface area contributed by atoms with Crippen LogP contribution in [-0.2, 0) is 17.7 Å². The largest absolute Gasteiger partial charge is 0.462 e. The van der Waals surface area contributed by atoms with Crippen molar-refractivity contribution >= 4 is 28.7 Å². The lowest BCUT2D eigenvalue weighted by molar-refractivity contribution is 0.0527. The van der Waals surface area contributed by atoms with E-state index in [1.165, 1.54) is 10.4 Å². The van der Waals surface area contributed by atoms with Crippen LogP contribution < -0.4 is 11.1 Å². The summed E-state index contributed by atoms with van der Waals surface area (Å²) in [4.78, 5) is 13.1. The number of ether oxygens (including phenoxy) is 1. The van der Waals surface area contributed by atoms with Gasteiger partial charge in [0.2, 0.25) is 0 Å². The van der Waals surface area contributed by atoms with Gasteiger partial charge in [-0.25, -0.2) is 4.79 Å². The molecule has 5 heteroatoms. The van der Waals surface area contributed by atoms with Crippen LogP contribution in [0.4, 0.5) is 11.4 Å². The Kier molecular flexibility index (Phi) is 5.22. The van der Waals surface area contributed by atoms with Gasteiger partial charge in [-0.1, -0.05) is 13.0 Å². The van der Waals surface area contributed by atoms with Crippen LogP contribution in [0.15, 0.2) is 29.6 Å². The van der Waals surface area contributed by atoms with Crippen LogP contribution in [0.5, 0.6) is 0 Å². The molecule has 0 atom stereocenters. The highest BCUT2D eigenvalue weighted by Gasteiger charge is 2.13. The van der Waals surface area contributed by atoms with Crippen molar-refractivity contribution in [2.75, 3.05) is 17.7 Å². The Morgan fingerprint density at radius 2 is 2.14 bits per heavy atom. The maximum atomic E-state index is 11.8. The van der Waals surface area contributed by atoms with Crippen molar-refractivity contribution in [2.24, 2.45) is 0 Å². The molecule has 0 saturated heterocycles. The Bertz CT molecular complexity index is 622. The molecule has 1 heterocycles. The van der Waals surface area contributed by atoms with Crippen molar-refractivity contribution in [3.05, 3.63) is 45.6 Å². The number of nitrogen functional groups attached to an aromatic ring is 1. The third-order valence-corrected chi connectivity index (χ3v) is 4.22. The molecule has 3 N–H and O–H groups in total. The molecule has 112 valence electrons. The van der Waals surface area contributed by atoms with Gasteiger partial charge in [0.25, 0.3) is 0 Å². The minimum absolute atomic E-state index is 0.338. The fraction of sp³-hybridized carbons (Fsp3) is 0.312. The summed E-state index contributed by atoms with van der Waals surface area (Å²) in [6.07, 6.45) is 1.01. The molecule has 0 aliphatic carbocycles. The number of thiophene rings is 1. The second-order valence-electron chi connectivity index (χ2n) is 4.56. The molecule has 1 aromatic heterocycles. The fourth-order valence-electron chi connectivity index (χ4n) is 2.12. The van der Waals surface area contributed by atoms with Gasteiger partial charge in [0.05, 0.1) is 23.5 Å². The van der Waals surface area contributed by atoms with E-state index >= 15 is 0 Å². The maximum Gasteiger partial charge on any atom is 0.340 e. The highest BCUT2D eigenvalue weighted by molar-refractivity contribution is 7.10. The van der Waals surface area contributed by atoms with Crippen molar-refractivity contribution in [3.8, 4) is 0 Å². The lowest BCUT2D eigenvalue weighted by Crippen LogP contribution is -2.10. The van der Waals surface area contributed by atoms with Gasteiger partial charge < -0.3 is 15.8 Å². The van der Waals surface area contributed by atoms with Crippen LogP contribution >= 0.6 is 11.3 Å². The van der Waals surface area contributed by atoms with Crippen molar-refractivity contribution < 1.29 is 9.53 Å². The first-order chi connectivity index (χ1) is 10.2. The summed E-state index contributed by atoms with van der Waals surface area (Å²) in [6, 6.07) is 7.50. The molecule has 4 nitrogen and oxygen atoms in total. The molecule has 0 fully saturated rings. The Hall–Kier alpha value is -2.01. The molecule has 1 aromatic carbocycles. The van der Waals surface area contributed by atoms with E-state index < -0.39 is 0 Å². The monoisotopic (exact) mass is 304 g/mol. The number of carbonyl (C=O) groups is 1. The number of hydrogen-bond acceptors (Lipinski definition) is 5. The van der Waals surface area contributed by atoms with Gasteiger partial charge in [-0.05, 0) is 42.5 Å². The summed E-state index contributed by atoms with van der Waals surface area (Å²) in [6.45, 7) is 4.96.